The van der Waals surface area contributed by atoms with Crippen molar-refractivity contribution in [2.45, 2.75) is 44.8 Å². The van der Waals surface area contributed by atoms with E-state index in [1.807, 2.05) is 0 Å². The number of esters is 1. The second-order valence-electron chi connectivity index (χ2n) is 7.01. The van der Waals surface area contributed by atoms with Crippen molar-refractivity contribution >= 4 is 34.9 Å². The molecule has 1 fully saturated rings. The molecular weight excluding hydrogens is 407 g/mol. The van der Waals surface area contributed by atoms with E-state index in [0.717, 1.165) is 17.0 Å². The van der Waals surface area contributed by atoms with Crippen molar-refractivity contribution in [2.24, 2.45) is 0 Å². The lowest BCUT2D eigenvalue weighted by molar-refractivity contribution is -0.141. The molecule has 1 heterocycles. The first kappa shape index (κ1) is 22.6. The van der Waals surface area contributed by atoms with Gasteiger partial charge in [0.1, 0.15) is 5.54 Å². The van der Waals surface area contributed by atoms with Crippen LogP contribution in [0.5, 0.6) is 0 Å². The number of alkyl halides is 3. The molecule has 0 aromatic heterocycles. The number of benzene rings is 1. The first-order valence-corrected chi connectivity index (χ1v) is 9.20. The minimum absolute atomic E-state index is 0.0449. The highest BCUT2D eigenvalue weighted by atomic mass is 32.1. The van der Waals surface area contributed by atoms with E-state index in [-0.39, 0.29) is 23.2 Å². The Balaban J connectivity index is 2.29. The van der Waals surface area contributed by atoms with E-state index in [2.05, 4.69) is 4.74 Å². The van der Waals surface area contributed by atoms with Gasteiger partial charge in [0.2, 0.25) is 0 Å². The predicted octanol–water partition coefficient (Wildman–Crippen LogP) is 3.63. The molecule has 0 atom stereocenters. The molecule has 10 heteroatoms. The molecule has 1 aromatic carbocycles. The highest BCUT2D eigenvalue weighted by Gasteiger charge is 2.49. The maximum atomic E-state index is 13.3. The Bertz CT molecular complexity index is 878. The number of unbranched alkanes of at least 4 members (excludes halogenated alkanes) is 1. The predicted molar refractivity (Wildman–Crippen MR) is 103 cm³/mol. The van der Waals surface area contributed by atoms with Gasteiger partial charge in [0.15, 0.2) is 5.11 Å². The molecule has 6 nitrogen and oxygen atoms in total. The summed E-state index contributed by atoms with van der Waals surface area (Å²) in [7, 11) is 1.30. The summed E-state index contributed by atoms with van der Waals surface area (Å²) < 4.78 is 44.4. The van der Waals surface area contributed by atoms with Crippen LogP contribution in [0.2, 0.25) is 0 Å². The molecule has 1 aromatic rings. The van der Waals surface area contributed by atoms with Gasteiger partial charge in [-0.05, 0) is 57.1 Å². The zero-order valence-electron chi connectivity index (χ0n) is 16.2. The molecular formula is C19H20F3N3O3S. The number of nitriles is 1. The van der Waals surface area contributed by atoms with Gasteiger partial charge in [-0.2, -0.15) is 18.4 Å². The standard InChI is InChI=1S/C19H20F3N3O3S/c1-18(2)16(27)25(17(29)24(18)9-5-4-6-15(26)28-3)13-8-7-12(11-23)14(10-13)19(20,21)22/h7-8,10H,4-6,9H2,1-3H3. The van der Waals surface area contributed by atoms with Gasteiger partial charge >= 0.3 is 12.1 Å². The Hall–Kier alpha value is -2.67. The molecule has 1 amide bonds. The minimum Gasteiger partial charge on any atom is -0.469 e. The molecule has 0 bridgehead atoms. The number of halogens is 3. The first-order valence-electron chi connectivity index (χ1n) is 8.79. The number of nitrogens with zero attached hydrogens (tertiary/aromatic N) is 3. The molecule has 0 aliphatic carbocycles. The lowest BCUT2D eigenvalue weighted by Crippen LogP contribution is -2.44. The monoisotopic (exact) mass is 427 g/mol. The topological polar surface area (TPSA) is 73.6 Å². The number of ether oxygens (including phenoxy) is 1. The SMILES string of the molecule is COC(=O)CCCCN1C(=S)N(c2ccc(C#N)c(C(F)(F)F)c2)C(=O)C1(C)C. The summed E-state index contributed by atoms with van der Waals surface area (Å²) in [6.07, 6.45) is -3.46. The number of carbonyl (C=O) groups excluding carboxylic acids is 2. The lowest BCUT2D eigenvalue weighted by Gasteiger charge is -2.29. The van der Waals surface area contributed by atoms with E-state index in [1.165, 1.54) is 19.2 Å². The van der Waals surface area contributed by atoms with E-state index in [4.69, 9.17) is 17.5 Å². The smallest absolute Gasteiger partial charge is 0.417 e. The van der Waals surface area contributed by atoms with Crippen molar-refractivity contribution in [3.05, 3.63) is 29.3 Å². The molecule has 0 radical (unpaired) electrons. The van der Waals surface area contributed by atoms with Crippen molar-refractivity contribution in [2.75, 3.05) is 18.6 Å². The number of carbonyl (C=O) groups is 2. The third kappa shape index (κ3) is 4.50. The van der Waals surface area contributed by atoms with Crippen LogP contribution >= 0.6 is 12.2 Å². The third-order valence-corrected chi connectivity index (χ3v) is 5.15. The normalized spacial score (nSPS) is 16.2. The van der Waals surface area contributed by atoms with E-state index in [9.17, 15) is 22.8 Å². The number of anilines is 1. The van der Waals surface area contributed by atoms with Gasteiger partial charge in [-0.3, -0.25) is 14.5 Å². The number of methoxy groups -OCH3 is 1. The van der Waals surface area contributed by atoms with Gasteiger partial charge in [0.05, 0.1) is 30.0 Å². The van der Waals surface area contributed by atoms with Gasteiger partial charge in [0.25, 0.3) is 5.91 Å². The number of rotatable bonds is 6. The number of thiocarbonyl (C=S) groups is 1. The Morgan fingerprint density at radius 2 is 1.97 bits per heavy atom. The van der Waals surface area contributed by atoms with E-state index < -0.39 is 28.7 Å². The quantitative estimate of drug-likeness (QED) is 0.392. The van der Waals surface area contributed by atoms with Crippen LogP contribution in [0, 0.1) is 11.3 Å². The third-order valence-electron chi connectivity index (χ3n) is 4.75. The van der Waals surface area contributed by atoms with Crippen molar-refractivity contribution in [1.82, 2.24) is 4.90 Å². The van der Waals surface area contributed by atoms with Crippen LogP contribution in [-0.2, 0) is 20.5 Å². The summed E-state index contributed by atoms with van der Waals surface area (Å²) in [6.45, 7) is 3.62. The molecule has 0 N–H and O–H groups in total. The molecule has 0 saturated carbocycles. The second kappa shape index (κ2) is 8.37. The Morgan fingerprint density at radius 3 is 2.52 bits per heavy atom. The second-order valence-corrected chi connectivity index (χ2v) is 7.37. The first-order chi connectivity index (χ1) is 13.4. The van der Waals surface area contributed by atoms with E-state index in [1.54, 1.807) is 18.7 Å². The molecule has 156 valence electrons. The lowest BCUT2D eigenvalue weighted by atomic mass is 10.0. The fourth-order valence-corrected chi connectivity index (χ4v) is 3.59. The zero-order valence-corrected chi connectivity index (χ0v) is 17.0. The summed E-state index contributed by atoms with van der Waals surface area (Å²) in [5, 5.41) is 9.03. The van der Waals surface area contributed by atoms with Crippen molar-refractivity contribution in [1.29, 1.82) is 5.26 Å². The summed E-state index contributed by atoms with van der Waals surface area (Å²) in [4.78, 5) is 26.8. The van der Waals surface area contributed by atoms with Gasteiger partial charge in [0, 0.05) is 13.0 Å². The average molecular weight is 427 g/mol. The highest BCUT2D eigenvalue weighted by molar-refractivity contribution is 7.80. The van der Waals surface area contributed by atoms with Crippen LogP contribution in [0.1, 0.15) is 44.2 Å². The molecule has 1 aliphatic heterocycles. The van der Waals surface area contributed by atoms with Crippen LogP contribution < -0.4 is 4.90 Å². The van der Waals surface area contributed by atoms with Crippen LogP contribution in [0.25, 0.3) is 0 Å². The molecule has 1 aliphatic rings. The van der Waals surface area contributed by atoms with Crippen LogP contribution in [0.4, 0.5) is 18.9 Å². The number of hydrogen-bond donors (Lipinski definition) is 0. The maximum absolute atomic E-state index is 13.3. The zero-order chi connectivity index (χ0) is 22.0. The molecule has 1 saturated heterocycles. The summed E-state index contributed by atoms with van der Waals surface area (Å²) >= 11 is 5.39. The van der Waals surface area contributed by atoms with Gasteiger partial charge < -0.3 is 9.64 Å². The Morgan fingerprint density at radius 1 is 1.31 bits per heavy atom. The fourth-order valence-electron chi connectivity index (χ4n) is 3.08. The summed E-state index contributed by atoms with van der Waals surface area (Å²) in [5.74, 6) is -0.809. The van der Waals surface area contributed by atoms with Crippen LogP contribution in [-0.4, -0.2) is 41.1 Å². The largest absolute Gasteiger partial charge is 0.469 e. The van der Waals surface area contributed by atoms with Gasteiger partial charge in [-0.25, -0.2) is 0 Å². The average Bonchev–Trinajstić information content (AvgIpc) is 2.82. The van der Waals surface area contributed by atoms with Crippen LogP contribution in [0.15, 0.2) is 18.2 Å². The van der Waals surface area contributed by atoms with Crippen molar-refractivity contribution < 1.29 is 27.5 Å². The molecule has 29 heavy (non-hydrogen) atoms. The van der Waals surface area contributed by atoms with Gasteiger partial charge in [-0.1, -0.05) is 0 Å². The molecule has 0 unspecified atom stereocenters. The molecule has 0 spiro atoms. The van der Waals surface area contributed by atoms with Crippen molar-refractivity contribution in [3.8, 4) is 6.07 Å². The summed E-state index contributed by atoms with van der Waals surface area (Å²) in [5.41, 5.74) is -2.76. The van der Waals surface area contributed by atoms with Gasteiger partial charge in [-0.15, -0.1) is 0 Å². The highest BCUT2D eigenvalue weighted by Crippen LogP contribution is 2.37. The number of amides is 1. The van der Waals surface area contributed by atoms with Crippen LogP contribution in [0.3, 0.4) is 0 Å². The van der Waals surface area contributed by atoms with E-state index >= 15 is 0 Å². The number of hydrogen-bond acceptors (Lipinski definition) is 5. The fraction of sp³-hybridized carbons (Fsp3) is 0.474. The van der Waals surface area contributed by atoms with E-state index in [0.29, 0.717) is 19.4 Å². The Kier molecular flexibility index (Phi) is 6.53. The minimum atomic E-state index is -4.74. The Labute approximate surface area is 171 Å². The maximum Gasteiger partial charge on any atom is 0.417 e. The van der Waals surface area contributed by atoms with Crippen molar-refractivity contribution in [3.63, 3.8) is 0 Å². The summed E-state index contributed by atoms with van der Waals surface area (Å²) in [6, 6.07) is 4.58. The molecule has 2 rings (SSSR count).